The predicted octanol–water partition coefficient (Wildman–Crippen LogP) is 1.75. The number of methoxy groups -OCH3 is 1. The van der Waals surface area contributed by atoms with Crippen molar-refractivity contribution >= 4 is 0 Å². The van der Waals surface area contributed by atoms with Crippen molar-refractivity contribution in [1.82, 2.24) is 10.2 Å². The van der Waals surface area contributed by atoms with Gasteiger partial charge in [-0.1, -0.05) is 6.07 Å². The molecule has 1 aromatic rings. The summed E-state index contributed by atoms with van der Waals surface area (Å²) in [4.78, 5) is 2.45. The zero-order chi connectivity index (χ0) is 13.7. The van der Waals surface area contributed by atoms with Gasteiger partial charge in [-0.2, -0.15) is 5.26 Å². The molecule has 19 heavy (non-hydrogen) atoms. The first-order valence-corrected chi connectivity index (χ1v) is 6.73. The first-order valence-electron chi connectivity index (χ1n) is 6.73. The van der Waals surface area contributed by atoms with Crippen LogP contribution in [0.25, 0.3) is 0 Å². The van der Waals surface area contributed by atoms with E-state index >= 15 is 0 Å². The van der Waals surface area contributed by atoms with Gasteiger partial charge in [-0.15, -0.1) is 0 Å². The molecule has 4 heteroatoms. The minimum absolute atomic E-state index is 0.592. The molecule has 1 N–H and O–H groups in total. The molecule has 0 aliphatic carbocycles. The zero-order valence-electron chi connectivity index (χ0n) is 11.6. The summed E-state index contributed by atoms with van der Waals surface area (Å²) in [5.41, 5.74) is 1.80. The molecule has 0 radical (unpaired) electrons. The molecule has 1 fully saturated rings. The van der Waals surface area contributed by atoms with E-state index in [-0.39, 0.29) is 0 Å². The summed E-state index contributed by atoms with van der Waals surface area (Å²) in [5, 5.41) is 12.3. The minimum Gasteiger partial charge on any atom is -0.495 e. The highest BCUT2D eigenvalue weighted by molar-refractivity contribution is 5.45. The number of likely N-dealkylation sites (tertiary alicyclic amines) is 1. The number of piperidine rings is 1. The lowest BCUT2D eigenvalue weighted by Gasteiger charge is -2.32. The number of hydrogen-bond donors (Lipinski definition) is 1. The van der Waals surface area contributed by atoms with Crippen LogP contribution < -0.4 is 10.1 Å². The highest BCUT2D eigenvalue weighted by Gasteiger charge is 2.18. The van der Waals surface area contributed by atoms with E-state index in [9.17, 15) is 0 Å². The van der Waals surface area contributed by atoms with Crippen LogP contribution in [0.2, 0.25) is 0 Å². The maximum atomic E-state index is 8.98. The van der Waals surface area contributed by atoms with Crippen LogP contribution in [0.3, 0.4) is 0 Å². The lowest BCUT2D eigenvalue weighted by Crippen LogP contribution is -2.43. The molecule has 4 nitrogen and oxygen atoms in total. The Kier molecular flexibility index (Phi) is 4.78. The van der Waals surface area contributed by atoms with Gasteiger partial charge in [0.15, 0.2) is 0 Å². The number of likely N-dealkylation sites (N-methyl/N-ethyl adjacent to an activating group) is 1. The molecule has 1 unspecified atom stereocenters. The van der Waals surface area contributed by atoms with Crippen molar-refractivity contribution in [3.8, 4) is 11.8 Å². The lowest BCUT2D eigenvalue weighted by atomic mass is 10.0. The Hall–Kier alpha value is -1.57. The largest absolute Gasteiger partial charge is 0.495 e. The van der Waals surface area contributed by atoms with Gasteiger partial charge in [-0.05, 0) is 44.1 Å². The lowest BCUT2D eigenvalue weighted by molar-refractivity contribution is 0.188. The molecule has 1 aliphatic rings. The van der Waals surface area contributed by atoms with E-state index in [1.54, 1.807) is 7.11 Å². The fraction of sp³-hybridized carbons (Fsp3) is 0.533. The molecule has 102 valence electrons. The summed E-state index contributed by atoms with van der Waals surface area (Å²) in [6.45, 7) is 3.14. The second-order valence-corrected chi connectivity index (χ2v) is 5.01. The van der Waals surface area contributed by atoms with Gasteiger partial charge < -0.3 is 10.1 Å². The van der Waals surface area contributed by atoms with Gasteiger partial charge in [0.1, 0.15) is 11.8 Å². The van der Waals surface area contributed by atoms with E-state index in [4.69, 9.17) is 10.00 Å². The molecule has 0 saturated carbocycles. The van der Waals surface area contributed by atoms with Crippen molar-refractivity contribution in [3.05, 3.63) is 29.3 Å². The molecule has 0 bridgehead atoms. The van der Waals surface area contributed by atoms with E-state index in [0.29, 0.717) is 17.4 Å². The second kappa shape index (κ2) is 6.55. The van der Waals surface area contributed by atoms with Gasteiger partial charge in [-0.25, -0.2) is 0 Å². The Morgan fingerprint density at radius 2 is 2.37 bits per heavy atom. The number of ether oxygens (including phenoxy) is 1. The van der Waals surface area contributed by atoms with Crippen LogP contribution in [0.4, 0.5) is 0 Å². The quantitative estimate of drug-likeness (QED) is 0.895. The van der Waals surface area contributed by atoms with Gasteiger partial charge in [0.25, 0.3) is 0 Å². The monoisotopic (exact) mass is 259 g/mol. The van der Waals surface area contributed by atoms with E-state index in [1.165, 1.54) is 18.4 Å². The van der Waals surface area contributed by atoms with Crippen molar-refractivity contribution < 1.29 is 4.74 Å². The SMILES string of the molecule is CNC1CCCN(Cc2ccc(C#N)c(OC)c2)C1. The van der Waals surface area contributed by atoms with Gasteiger partial charge in [-0.3, -0.25) is 4.90 Å². The zero-order valence-corrected chi connectivity index (χ0v) is 11.6. The third kappa shape index (κ3) is 3.46. The van der Waals surface area contributed by atoms with Crippen LogP contribution in [0, 0.1) is 11.3 Å². The molecule has 1 aromatic carbocycles. The Labute approximate surface area is 115 Å². The van der Waals surface area contributed by atoms with Gasteiger partial charge >= 0.3 is 0 Å². The molecule has 1 saturated heterocycles. The first kappa shape index (κ1) is 13.9. The Morgan fingerprint density at radius 3 is 3.05 bits per heavy atom. The summed E-state index contributed by atoms with van der Waals surface area (Å²) >= 11 is 0. The van der Waals surface area contributed by atoms with E-state index in [2.05, 4.69) is 16.3 Å². The summed E-state index contributed by atoms with van der Waals surface area (Å²) < 4.78 is 5.25. The molecule has 0 spiro atoms. The van der Waals surface area contributed by atoms with Gasteiger partial charge in [0, 0.05) is 19.1 Å². The fourth-order valence-corrected chi connectivity index (χ4v) is 2.62. The predicted molar refractivity (Wildman–Crippen MR) is 75.1 cm³/mol. The third-order valence-electron chi connectivity index (χ3n) is 3.71. The van der Waals surface area contributed by atoms with E-state index in [1.807, 2.05) is 25.2 Å². The minimum atomic E-state index is 0.592. The molecular weight excluding hydrogens is 238 g/mol. The molecule has 0 aromatic heterocycles. The number of rotatable bonds is 4. The second-order valence-electron chi connectivity index (χ2n) is 5.01. The number of benzene rings is 1. The topological polar surface area (TPSA) is 48.3 Å². The molecule has 1 heterocycles. The van der Waals surface area contributed by atoms with E-state index < -0.39 is 0 Å². The summed E-state index contributed by atoms with van der Waals surface area (Å²) in [6.07, 6.45) is 2.49. The van der Waals surface area contributed by atoms with E-state index in [0.717, 1.165) is 19.6 Å². The van der Waals surface area contributed by atoms with Crippen LogP contribution in [-0.4, -0.2) is 38.2 Å². The molecule has 0 amide bonds. The fourth-order valence-electron chi connectivity index (χ4n) is 2.62. The standard InChI is InChI=1S/C15H21N3O/c1-17-14-4-3-7-18(11-14)10-12-5-6-13(9-16)15(8-12)19-2/h5-6,8,14,17H,3-4,7,10-11H2,1-2H3. The maximum absolute atomic E-state index is 8.98. The normalized spacial score (nSPS) is 19.9. The molecule has 1 aliphatic heterocycles. The van der Waals surface area contributed by atoms with Crippen molar-refractivity contribution in [2.24, 2.45) is 0 Å². The summed E-state index contributed by atoms with van der Waals surface area (Å²) in [5.74, 6) is 0.669. The highest BCUT2D eigenvalue weighted by Crippen LogP contribution is 2.21. The van der Waals surface area contributed by atoms with Crippen LogP contribution in [0.15, 0.2) is 18.2 Å². The van der Waals surface area contributed by atoms with Crippen LogP contribution in [-0.2, 0) is 6.54 Å². The molecule has 1 atom stereocenters. The van der Waals surface area contributed by atoms with Crippen LogP contribution in [0.1, 0.15) is 24.0 Å². The number of nitrogens with one attached hydrogen (secondary N) is 1. The van der Waals surface area contributed by atoms with Gasteiger partial charge in [0.2, 0.25) is 0 Å². The number of hydrogen-bond acceptors (Lipinski definition) is 4. The van der Waals surface area contributed by atoms with Crippen LogP contribution >= 0.6 is 0 Å². The Morgan fingerprint density at radius 1 is 1.53 bits per heavy atom. The summed E-state index contributed by atoms with van der Waals surface area (Å²) in [7, 11) is 3.64. The maximum Gasteiger partial charge on any atom is 0.136 e. The first-order chi connectivity index (χ1) is 9.26. The van der Waals surface area contributed by atoms with Crippen molar-refractivity contribution in [1.29, 1.82) is 5.26 Å². The van der Waals surface area contributed by atoms with Crippen molar-refractivity contribution in [2.45, 2.75) is 25.4 Å². The number of nitriles is 1. The average Bonchev–Trinajstić information content (AvgIpc) is 2.47. The Balaban J connectivity index is 2.05. The summed E-state index contributed by atoms with van der Waals surface area (Å²) in [6, 6.07) is 8.57. The van der Waals surface area contributed by atoms with Crippen molar-refractivity contribution in [2.75, 3.05) is 27.2 Å². The van der Waals surface area contributed by atoms with Gasteiger partial charge in [0.05, 0.1) is 12.7 Å². The van der Waals surface area contributed by atoms with Crippen LogP contribution in [0.5, 0.6) is 5.75 Å². The molecular formula is C15H21N3O. The highest BCUT2D eigenvalue weighted by atomic mass is 16.5. The molecule has 2 rings (SSSR count). The average molecular weight is 259 g/mol. The Bertz CT molecular complexity index is 467. The smallest absolute Gasteiger partial charge is 0.136 e. The van der Waals surface area contributed by atoms with Crippen molar-refractivity contribution in [3.63, 3.8) is 0 Å². The third-order valence-corrected chi connectivity index (χ3v) is 3.71. The number of nitrogens with zero attached hydrogens (tertiary/aromatic N) is 2.